The van der Waals surface area contributed by atoms with Crippen LogP contribution in [0.4, 0.5) is 0 Å². The first kappa shape index (κ1) is 13.6. The van der Waals surface area contributed by atoms with Crippen molar-refractivity contribution in [2.45, 2.75) is 14.7 Å². The van der Waals surface area contributed by atoms with Gasteiger partial charge >= 0.3 is 0 Å². The first-order valence-corrected chi connectivity index (χ1v) is 8.03. The predicted molar refractivity (Wildman–Crippen MR) is 72.6 cm³/mol. The molecular formula is C13H10N2O2S2. The van der Waals surface area contributed by atoms with Crippen LogP contribution in [0.2, 0.25) is 0 Å². The second-order valence-electron chi connectivity index (χ2n) is 3.83. The van der Waals surface area contributed by atoms with E-state index < -0.39 is 9.84 Å². The Labute approximate surface area is 116 Å². The summed E-state index contributed by atoms with van der Waals surface area (Å²) >= 11 is 1.38. The van der Waals surface area contributed by atoms with Crippen LogP contribution in [-0.4, -0.2) is 19.7 Å². The summed E-state index contributed by atoms with van der Waals surface area (Å²) in [6.45, 7) is 0. The van der Waals surface area contributed by atoms with Crippen molar-refractivity contribution in [1.82, 2.24) is 4.98 Å². The number of benzene rings is 1. The summed E-state index contributed by atoms with van der Waals surface area (Å²) in [5.41, 5.74) is 0.548. The molecule has 0 saturated carbocycles. The molecule has 1 aromatic heterocycles. The molecule has 6 heteroatoms. The van der Waals surface area contributed by atoms with Crippen molar-refractivity contribution in [3.8, 4) is 6.07 Å². The number of rotatable bonds is 3. The maximum absolute atomic E-state index is 11.3. The molecule has 0 atom stereocenters. The van der Waals surface area contributed by atoms with E-state index in [-0.39, 0.29) is 4.90 Å². The lowest BCUT2D eigenvalue weighted by atomic mass is 10.3. The zero-order valence-corrected chi connectivity index (χ0v) is 11.7. The van der Waals surface area contributed by atoms with Crippen LogP contribution in [0.25, 0.3) is 0 Å². The molecule has 0 spiro atoms. The summed E-state index contributed by atoms with van der Waals surface area (Å²) in [7, 11) is -3.18. The molecule has 1 aromatic carbocycles. The SMILES string of the molecule is CS(=O)(=O)c1ccc(Sc2cnccc2C#N)cc1. The second kappa shape index (κ2) is 5.43. The van der Waals surface area contributed by atoms with Gasteiger partial charge in [0.1, 0.15) is 6.07 Å². The lowest BCUT2D eigenvalue weighted by Gasteiger charge is -2.04. The smallest absolute Gasteiger partial charge is 0.175 e. The van der Waals surface area contributed by atoms with Crippen molar-refractivity contribution >= 4 is 21.6 Å². The number of hydrogen-bond donors (Lipinski definition) is 0. The molecule has 0 unspecified atom stereocenters. The fourth-order valence-electron chi connectivity index (χ4n) is 1.44. The minimum Gasteiger partial charge on any atom is -0.263 e. The monoisotopic (exact) mass is 290 g/mol. The van der Waals surface area contributed by atoms with E-state index in [0.717, 1.165) is 9.79 Å². The fraction of sp³-hybridized carbons (Fsp3) is 0.0769. The van der Waals surface area contributed by atoms with Crippen LogP contribution in [0.1, 0.15) is 5.56 Å². The molecule has 4 nitrogen and oxygen atoms in total. The van der Waals surface area contributed by atoms with E-state index in [2.05, 4.69) is 11.1 Å². The van der Waals surface area contributed by atoms with Gasteiger partial charge in [0.2, 0.25) is 0 Å². The Morgan fingerprint density at radius 3 is 2.47 bits per heavy atom. The molecule has 0 radical (unpaired) electrons. The largest absolute Gasteiger partial charge is 0.263 e. The van der Waals surface area contributed by atoms with E-state index in [4.69, 9.17) is 5.26 Å². The number of hydrogen-bond acceptors (Lipinski definition) is 5. The van der Waals surface area contributed by atoms with E-state index >= 15 is 0 Å². The quantitative estimate of drug-likeness (QED) is 0.868. The van der Waals surface area contributed by atoms with Gasteiger partial charge in [-0.05, 0) is 30.3 Å². The van der Waals surface area contributed by atoms with E-state index in [1.165, 1.54) is 18.0 Å². The summed E-state index contributed by atoms with van der Waals surface area (Å²) in [5.74, 6) is 0. The van der Waals surface area contributed by atoms with E-state index in [9.17, 15) is 8.42 Å². The maximum atomic E-state index is 11.3. The first-order chi connectivity index (χ1) is 9.00. The van der Waals surface area contributed by atoms with Gasteiger partial charge in [0.25, 0.3) is 0 Å². The second-order valence-corrected chi connectivity index (χ2v) is 6.96. The standard InChI is InChI=1S/C13H10N2O2S2/c1-19(16,17)12-4-2-11(3-5-12)18-13-9-15-7-6-10(13)8-14/h2-7,9H,1H3. The number of aromatic nitrogens is 1. The van der Waals surface area contributed by atoms with Crippen LogP contribution >= 0.6 is 11.8 Å². The van der Waals surface area contributed by atoms with Crippen molar-refractivity contribution < 1.29 is 8.42 Å². The van der Waals surface area contributed by atoms with Gasteiger partial charge in [0, 0.05) is 28.4 Å². The van der Waals surface area contributed by atoms with E-state index in [0.29, 0.717) is 5.56 Å². The molecule has 2 aromatic rings. The molecule has 0 aliphatic carbocycles. The molecule has 96 valence electrons. The molecule has 0 saturated heterocycles. The van der Waals surface area contributed by atoms with Crippen molar-refractivity contribution in [1.29, 1.82) is 5.26 Å². The average Bonchev–Trinajstić information content (AvgIpc) is 2.39. The summed E-state index contributed by atoms with van der Waals surface area (Å²) in [4.78, 5) is 5.87. The Morgan fingerprint density at radius 2 is 1.89 bits per heavy atom. The highest BCUT2D eigenvalue weighted by Crippen LogP contribution is 2.30. The Balaban J connectivity index is 2.28. The summed E-state index contributed by atoms with van der Waals surface area (Å²) < 4.78 is 22.7. The Kier molecular flexibility index (Phi) is 3.88. The van der Waals surface area contributed by atoms with Crippen molar-refractivity contribution in [3.05, 3.63) is 48.3 Å². The third-order valence-electron chi connectivity index (χ3n) is 2.38. The highest BCUT2D eigenvalue weighted by atomic mass is 32.2. The van der Waals surface area contributed by atoms with Crippen LogP contribution in [0.3, 0.4) is 0 Å². The fourth-order valence-corrected chi connectivity index (χ4v) is 2.93. The topological polar surface area (TPSA) is 70.8 Å². The minimum absolute atomic E-state index is 0.281. The minimum atomic E-state index is -3.18. The third-order valence-corrected chi connectivity index (χ3v) is 4.57. The van der Waals surface area contributed by atoms with Crippen molar-refractivity contribution in [2.75, 3.05) is 6.26 Å². The Morgan fingerprint density at radius 1 is 1.21 bits per heavy atom. The molecule has 2 rings (SSSR count). The third kappa shape index (κ3) is 3.34. The normalized spacial score (nSPS) is 10.9. The highest BCUT2D eigenvalue weighted by molar-refractivity contribution is 7.99. The number of sulfone groups is 1. The molecular weight excluding hydrogens is 280 g/mol. The zero-order chi connectivity index (χ0) is 13.9. The molecule has 0 aliphatic heterocycles. The van der Waals surface area contributed by atoms with Gasteiger partial charge in [0.05, 0.1) is 10.5 Å². The summed E-state index contributed by atoms with van der Waals surface area (Å²) in [5, 5.41) is 8.98. The van der Waals surface area contributed by atoms with Crippen LogP contribution in [0.15, 0.2) is 57.4 Å². The van der Waals surface area contributed by atoms with Gasteiger partial charge in [0.15, 0.2) is 9.84 Å². The van der Waals surface area contributed by atoms with Gasteiger partial charge in [-0.1, -0.05) is 11.8 Å². The van der Waals surface area contributed by atoms with Gasteiger partial charge in [-0.15, -0.1) is 0 Å². The number of nitrogens with zero attached hydrogens (tertiary/aromatic N) is 2. The van der Waals surface area contributed by atoms with Gasteiger partial charge in [-0.3, -0.25) is 4.98 Å². The van der Waals surface area contributed by atoms with Crippen molar-refractivity contribution in [3.63, 3.8) is 0 Å². The van der Waals surface area contributed by atoms with E-state index in [1.807, 2.05) is 0 Å². The highest BCUT2D eigenvalue weighted by Gasteiger charge is 2.08. The molecule has 0 aliphatic rings. The van der Waals surface area contributed by atoms with Gasteiger partial charge < -0.3 is 0 Å². The Hall–Kier alpha value is -1.84. The lowest BCUT2D eigenvalue weighted by molar-refractivity contribution is 0.602. The summed E-state index contributed by atoms with van der Waals surface area (Å²) in [6, 6.07) is 10.3. The van der Waals surface area contributed by atoms with Gasteiger partial charge in [-0.25, -0.2) is 8.42 Å². The molecule has 0 bridgehead atoms. The lowest BCUT2D eigenvalue weighted by Crippen LogP contribution is -1.96. The molecule has 19 heavy (non-hydrogen) atoms. The summed E-state index contributed by atoms with van der Waals surface area (Å²) in [6.07, 6.45) is 4.35. The Bertz CT molecular complexity index is 732. The van der Waals surface area contributed by atoms with Crippen molar-refractivity contribution in [2.24, 2.45) is 0 Å². The predicted octanol–water partition coefficient (Wildman–Crippen LogP) is 2.51. The zero-order valence-electron chi connectivity index (χ0n) is 10.1. The number of nitriles is 1. The maximum Gasteiger partial charge on any atom is 0.175 e. The number of pyridine rings is 1. The van der Waals surface area contributed by atoms with Gasteiger partial charge in [-0.2, -0.15) is 5.26 Å². The van der Waals surface area contributed by atoms with E-state index in [1.54, 1.807) is 42.7 Å². The van der Waals surface area contributed by atoms with Crippen LogP contribution in [-0.2, 0) is 9.84 Å². The first-order valence-electron chi connectivity index (χ1n) is 5.33. The van der Waals surface area contributed by atoms with Crippen LogP contribution < -0.4 is 0 Å². The molecule has 0 amide bonds. The molecule has 0 N–H and O–H groups in total. The molecule has 0 fully saturated rings. The van der Waals surface area contributed by atoms with Crippen LogP contribution in [0.5, 0.6) is 0 Å². The molecule has 1 heterocycles. The van der Waals surface area contributed by atoms with Crippen LogP contribution in [0, 0.1) is 11.3 Å². The average molecular weight is 290 g/mol.